The highest BCUT2D eigenvalue weighted by Gasteiger charge is 2.05. The van der Waals surface area contributed by atoms with E-state index in [2.05, 4.69) is 11.9 Å². The molecule has 0 unspecified atom stereocenters. The molecule has 0 bridgehead atoms. The molecule has 0 spiro atoms. The molecule has 0 saturated heterocycles. The zero-order valence-electron chi connectivity index (χ0n) is 9.90. The van der Waals surface area contributed by atoms with Crippen LogP contribution in [0.25, 0.3) is 10.9 Å². The first-order valence-electron chi connectivity index (χ1n) is 5.96. The summed E-state index contributed by atoms with van der Waals surface area (Å²) in [6.45, 7) is 2.78. The SMILES string of the molecule is CCCCCn1c(=O)[nH]c(=O)c2ccccc21. The van der Waals surface area contributed by atoms with E-state index in [1.165, 1.54) is 0 Å². The Morgan fingerprint density at radius 1 is 1.18 bits per heavy atom. The lowest BCUT2D eigenvalue weighted by Gasteiger charge is -2.08. The monoisotopic (exact) mass is 232 g/mol. The van der Waals surface area contributed by atoms with Gasteiger partial charge in [-0.25, -0.2) is 4.79 Å². The molecule has 0 atom stereocenters. The molecule has 1 N–H and O–H groups in total. The molecule has 2 rings (SSSR count). The number of unbranched alkanes of at least 4 members (excludes halogenated alkanes) is 2. The van der Waals surface area contributed by atoms with Crippen molar-refractivity contribution in [2.45, 2.75) is 32.7 Å². The number of hydrogen-bond acceptors (Lipinski definition) is 2. The maximum Gasteiger partial charge on any atom is 0.328 e. The molecule has 0 saturated carbocycles. The van der Waals surface area contributed by atoms with Crippen LogP contribution in [-0.4, -0.2) is 9.55 Å². The summed E-state index contributed by atoms with van der Waals surface area (Å²) in [4.78, 5) is 25.7. The smallest absolute Gasteiger partial charge is 0.293 e. The number of H-pyrrole nitrogens is 1. The van der Waals surface area contributed by atoms with E-state index in [0.717, 1.165) is 24.8 Å². The average Bonchev–Trinajstić information content (AvgIpc) is 2.33. The molecule has 4 heteroatoms. The third-order valence-corrected chi connectivity index (χ3v) is 2.89. The Kier molecular flexibility index (Phi) is 3.42. The van der Waals surface area contributed by atoms with E-state index in [9.17, 15) is 9.59 Å². The lowest BCUT2D eigenvalue weighted by Crippen LogP contribution is -2.30. The number of hydrogen-bond donors (Lipinski definition) is 1. The van der Waals surface area contributed by atoms with Gasteiger partial charge in [-0.2, -0.15) is 0 Å². The molecule has 2 aromatic rings. The van der Waals surface area contributed by atoms with Crippen LogP contribution in [0.4, 0.5) is 0 Å². The highest BCUT2D eigenvalue weighted by Crippen LogP contribution is 2.07. The number of para-hydroxylation sites is 1. The lowest BCUT2D eigenvalue weighted by molar-refractivity contribution is 0.591. The van der Waals surface area contributed by atoms with Crippen LogP contribution in [0.5, 0.6) is 0 Å². The van der Waals surface area contributed by atoms with E-state index in [1.54, 1.807) is 16.7 Å². The van der Waals surface area contributed by atoms with Crippen LogP contribution in [0.1, 0.15) is 26.2 Å². The van der Waals surface area contributed by atoms with E-state index in [-0.39, 0.29) is 11.2 Å². The summed E-state index contributed by atoms with van der Waals surface area (Å²) in [5, 5.41) is 0.573. The van der Waals surface area contributed by atoms with Crippen LogP contribution in [0, 0.1) is 0 Å². The van der Waals surface area contributed by atoms with Crippen molar-refractivity contribution in [3.63, 3.8) is 0 Å². The Labute approximate surface area is 98.9 Å². The number of benzene rings is 1. The first-order chi connectivity index (χ1) is 8.24. The van der Waals surface area contributed by atoms with Crippen LogP contribution in [0.15, 0.2) is 33.9 Å². The molecule has 17 heavy (non-hydrogen) atoms. The summed E-state index contributed by atoms with van der Waals surface area (Å²) in [6, 6.07) is 7.21. The van der Waals surface area contributed by atoms with Gasteiger partial charge in [-0.3, -0.25) is 14.3 Å². The van der Waals surface area contributed by atoms with E-state index < -0.39 is 0 Å². The number of nitrogens with zero attached hydrogens (tertiary/aromatic N) is 1. The van der Waals surface area contributed by atoms with Crippen LogP contribution in [-0.2, 0) is 6.54 Å². The minimum absolute atomic E-state index is 0.308. The number of aryl methyl sites for hydroxylation is 1. The third-order valence-electron chi connectivity index (χ3n) is 2.89. The van der Waals surface area contributed by atoms with Crippen molar-refractivity contribution in [3.05, 3.63) is 45.1 Å². The summed E-state index contributed by atoms with van der Waals surface area (Å²) in [5.74, 6) is 0. The molecule has 0 aliphatic heterocycles. The van der Waals surface area contributed by atoms with E-state index in [0.29, 0.717) is 11.9 Å². The van der Waals surface area contributed by atoms with Crippen molar-refractivity contribution in [2.75, 3.05) is 0 Å². The van der Waals surface area contributed by atoms with Gasteiger partial charge in [0.1, 0.15) is 0 Å². The maximum absolute atomic E-state index is 11.8. The van der Waals surface area contributed by atoms with Crippen molar-refractivity contribution >= 4 is 10.9 Å². The molecule has 1 aromatic carbocycles. The van der Waals surface area contributed by atoms with Crippen molar-refractivity contribution in [1.82, 2.24) is 9.55 Å². The maximum atomic E-state index is 11.8. The normalized spacial score (nSPS) is 10.9. The number of aromatic amines is 1. The Morgan fingerprint density at radius 3 is 2.71 bits per heavy atom. The summed E-state index contributed by atoms with van der Waals surface area (Å²) >= 11 is 0. The summed E-state index contributed by atoms with van der Waals surface area (Å²) in [6.07, 6.45) is 3.14. The second kappa shape index (κ2) is 4.99. The zero-order chi connectivity index (χ0) is 12.3. The van der Waals surface area contributed by atoms with Gasteiger partial charge in [0.25, 0.3) is 5.56 Å². The Morgan fingerprint density at radius 2 is 1.94 bits per heavy atom. The molecule has 0 radical (unpaired) electrons. The highest BCUT2D eigenvalue weighted by atomic mass is 16.2. The third kappa shape index (κ3) is 2.30. The van der Waals surface area contributed by atoms with Crippen LogP contribution < -0.4 is 11.2 Å². The molecule has 1 heterocycles. The first-order valence-corrected chi connectivity index (χ1v) is 5.96. The first kappa shape index (κ1) is 11.6. The van der Waals surface area contributed by atoms with Gasteiger partial charge in [-0.05, 0) is 18.6 Å². The molecule has 1 aromatic heterocycles. The van der Waals surface area contributed by atoms with Crippen molar-refractivity contribution in [1.29, 1.82) is 0 Å². The second-order valence-corrected chi connectivity index (χ2v) is 4.14. The molecular weight excluding hydrogens is 216 g/mol. The topological polar surface area (TPSA) is 54.9 Å². The molecule has 0 aliphatic rings. The fraction of sp³-hybridized carbons (Fsp3) is 0.385. The largest absolute Gasteiger partial charge is 0.328 e. The predicted molar refractivity (Wildman–Crippen MR) is 68.4 cm³/mol. The van der Waals surface area contributed by atoms with E-state index in [1.807, 2.05) is 12.1 Å². The van der Waals surface area contributed by atoms with Gasteiger partial charge in [0.2, 0.25) is 0 Å². The predicted octanol–water partition coefficient (Wildman–Crippen LogP) is 1.88. The molecule has 90 valence electrons. The fourth-order valence-electron chi connectivity index (χ4n) is 1.98. The Balaban J connectivity index is 2.54. The number of nitrogens with one attached hydrogen (secondary N) is 1. The zero-order valence-corrected chi connectivity index (χ0v) is 9.90. The minimum atomic E-state index is -0.315. The van der Waals surface area contributed by atoms with E-state index in [4.69, 9.17) is 0 Å². The quantitative estimate of drug-likeness (QED) is 0.818. The Hall–Kier alpha value is -1.84. The van der Waals surface area contributed by atoms with Crippen molar-refractivity contribution < 1.29 is 0 Å². The van der Waals surface area contributed by atoms with Gasteiger partial charge in [0.05, 0.1) is 10.9 Å². The summed E-state index contributed by atoms with van der Waals surface area (Å²) < 4.78 is 1.65. The van der Waals surface area contributed by atoms with Crippen molar-refractivity contribution in [2.24, 2.45) is 0 Å². The van der Waals surface area contributed by atoms with Gasteiger partial charge >= 0.3 is 5.69 Å². The standard InChI is InChI=1S/C13H16N2O2/c1-2-3-6-9-15-11-8-5-4-7-10(11)12(16)14-13(15)17/h4-5,7-8H,2-3,6,9H2,1H3,(H,14,16,17). The average molecular weight is 232 g/mol. The summed E-state index contributed by atoms with van der Waals surface area (Å²) in [5.41, 5.74) is 0.0968. The van der Waals surface area contributed by atoms with Gasteiger partial charge in [-0.1, -0.05) is 31.9 Å². The lowest BCUT2D eigenvalue weighted by atomic mass is 10.2. The van der Waals surface area contributed by atoms with Gasteiger partial charge in [0.15, 0.2) is 0 Å². The Bertz CT molecular complexity index is 625. The second-order valence-electron chi connectivity index (χ2n) is 4.14. The highest BCUT2D eigenvalue weighted by molar-refractivity contribution is 5.77. The number of aromatic nitrogens is 2. The van der Waals surface area contributed by atoms with E-state index >= 15 is 0 Å². The van der Waals surface area contributed by atoms with Crippen molar-refractivity contribution in [3.8, 4) is 0 Å². The van der Waals surface area contributed by atoms with Gasteiger partial charge in [-0.15, -0.1) is 0 Å². The summed E-state index contributed by atoms with van der Waals surface area (Å²) in [7, 11) is 0. The minimum Gasteiger partial charge on any atom is -0.293 e. The molecule has 0 aliphatic carbocycles. The van der Waals surface area contributed by atoms with Crippen LogP contribution in [0.3, 0.4) is 0 Å². The molecule has 4 nitrogen and oxygen atoms in total. The number of fused-ring (bicyclic) bond motifs is 1. The van der Waals surface area contributed by atoms with Gasteiger partial charge in [0, 0.05) is 6.54 Å². The van der Waals surface area contributed by atoms with Crippen LogP contribution in [0.2, 0.25) is 0 Å². The van der Waals surface area contributed by atoms with Crippen LogP contribution >= 0.6 is 0 Å². The molecular formula is C13H16N2O2. The van der Waals surface area contributed by atoms with Gasteiger partial charge < -0.3 is 0 Å². The molecule has 0 fully saturated rings. The molecule has 0 amide bonds. The fourth-order valence-corrected chi connectivity index (χ4v) is 1.98. The number of rotatable bonds is 4.